The lowest BCUT2D eigenvalue weighted by atomic mass is 10.1. The van der Waals surface area contributed by atoms with Gasteiger partial charge in [-0.15, -0.1) is 0 Å². The Morgan fingerprint density at radius 1 is 1.03 bits per heavy atom. The van der Waals surface area contributed by atoms with E-state index in [1.54, 1.807) is 0 Å². The van der Waals surface area contributed by atoms with Crippen LogP contribution in [0.3, 0.4) is 0 Å². The standard InChI is InChI=1S/C21H19F6NO4S/c1-2-32-19(29)17-11-15(12-28(17)14-7-5-6-13(10-14)20(22,23)24)33(30,31)18-9-4-3-8-16(18)21(25,26)27/h3-10,15,17H,2,11-12H2,1H3. The van der Waals surface area contributed by atoms with E-state index in [1.165, 1.54) is 13.0 Å². The van der Waals surface area contributed by atoms with Crippen molar-refractivity contribution in [3.63, 3.8) is 0 Å². The molecule has 1 aliphatic rings. The van der Waals surface area contributed by atoms with Crippen LogP contribution in [0.15, 0.2) is 53.4 Å². The Hall–Kier alpha value is -2.76. The minimum absolute atomic E-state index is 0.0694. The summed E-state index contributed by atoms with van der Waals surface area (Å²) < 4.78 is 111. The maximum absolute atomic E-state index is 13.4. The molecule has 1 fully saturated rings. The third-order valence-electron chi connectivity index (χ3n) is 5.26. The fraction of sp³-hybridized carbons (Fsp3) is 0.381. The third-order valence-corrected chi connectivity index (χ3v) is 7.45. The van der Waals surface area contributed by atoms with Gasteiger partial charge in [-0.1, -0.05) is 18.2 Å². The van der Waals surface area contributed by atoms with Crippen LogP contribution in [0.25, 0.3) is 0 Å². The van der Waals surface area contributed by atoms with Gasteiger partial charge >= 0.3 is 18.3 Å². The zero-order chi connectivity index (χ0) is 24.6. The molecule has 3 rings (SSSR count). The molecule has 0 amide bonds. The van der Waals surface area contributed by atoms with Crippen molar-refractivity contribution in [1.29, 1.82) is 0 Å². The number of hydrogen-bond donors (Lipinski definition) is 0. The summed E-state index contributed by atoms with van der Waals surface area (Å²) in [6, 6.07) is 6.29. The largest absolute Gasteiger partial charge is 0.464 e. The van der Waals surface area contributed by atoms with Crippen LogP contribution in [0.4, 0.5) is 32.0 Å². The number of nitrogens with zero attached hydrogens (tertiary/aromatic N) is 1. The van der Waals surface area contributed by atoms with Crippen molar-refractivity contribution in [2.45, 2.75) is 41.9 Å². The molecule has 0 saturated carbocycles. The quantitative estimate of drug-likeness (QED) is 0.444. The van der Waals surface area contributed by atoms with Gasteiger partial charge in [-0.05, 0) is 43.7 Å². The summed E-state index contributed by atoms with van der Waals surface area (Å²) in [7, 11) is -4.60. The molecule has 2 aromatic carbocycles. The normalized spacial score (nSPS) is 19.5. The highest BCUT2D eigenvalue weighted by atomic mass is 32.2. The van der Waals surface area contributed by atoms with Crippen LogP contribution in [-0.2, 0) is 31.7 Å². The van der Waals surface area contributed by atoms with Crippen LogP contribution < -0.4 is 4.90 Å². The van der Waals surface area contributed by atoms with Gasteiger partial charge in [0.25, 0.3) is 0 Å². The molecule has 2 atom stereocenters. The Bertz CT molecular complexity index is 1130. The molecule has 1 saturated heterocycles. The van der Waals surface area contributed by atoms with E-state index in [9.17, 15) is 39.6 Å². The lowest BCUT2D eigenvalue weighted by Crippen LogP contribution is -2.37. The molecule has 180 valence electrons. The summed E-state index contributed by atoms with van der Waals surface area (Å²) >= 11 is 0. The van der Waals surface area contributed by atoms with E-state index >= 15 is 0 Å². The summed E-state index contributed by atoms with van der Waals surface area (Å²) in [6.07, 6.45) is -10.1. The number of benzene rings is 2. The number of rotatable bonds is 5. The molecule has 0 aliphatic carbocycles. The van der Waals surface area contributed by atoms with E-state index in [2.05, 4.69) is 0 Å². The van der Waals surface area contributed by atoms with Crippen molar-refractivity contribution in [1.82, 2.24) is 0 Å². The highest BCUT2D eigenvalue weighted by Crippen LogP contribution is 2.39. The van der Waals surface area contributed by atoms with E-state index in [-0.39, 0.29) is 12.3 Å². The molecule has 0 N–H and O–H groups in total. The Morgan fingerprint density at radius 2 is 1.70 bits per heavy atom. The van der Waals surface area contributed by atoms with Crippen LogP contribution in [0, 0.1) is 0 Å². The van der Waals surface area contributed by atoms with Crippen molar-refractivity contribution in [3.8, 4) is 0 Å². The molecule has 12 heteroatoms. The van der Waals surface area contributed by atoms with E-state index in [4.69, 9.17) is 4.74 Å². The van der Waals surface area contributed by atoms with Gasteiger partial charge in [-0.2, -0.15) is 26.3 Å². The van der Waals surface area contributed by atoms with Gasteiger partial charge in [0.1, 0.15) is 6.04 Å². The number of carbonyl (C=O) groups is 1. The summed E-state index contributed by atoms with van der Waals surface area (Å²) in [5.41, 5.74) is -2.46. The number of hydrogen-bond acceptors (Lipinski definition) is 5. The van der Waals surface area contributed by atoms with E-state index in [0.717, 1.165) is 41.3 Å². The molecule has 1 aliphatic heterocycles. The van der Waals surface area contributed by atoms with Crippen LogP contribution >= 0.6 is 0 Å². The first-order chi connectivity index (χ1) is 15.3. The lowest BCUT2D eigenvalue weighted by molar-refractivity contribution is -0.144. The van der Waals surface area contributed by atoms with E-state index in [1.807, 2.05) is 0 Å². The van der Waals surface area contributed by atoms with Crippen molar-refractivity contribution in [3.05, 3.63) is 59.7 Å². The smallest absolute Gasteiger partial charge is 0.417 e. The first kappa shape index (κ1) is 24.9. The Kier molecular flexibility index (Phi) is 6.69. The molecule has 5 nitrogen and oxygen atoms in total. The molecule has 0 aromatic heterocycles. The monoisotopic (exact) mass is 495 g/mol. The Balaban J connectivity index is 2.04. The topological polar surface area (TPSA) is 63.7 Å². The van der Waals surface area contributed by atoms with Gasteiger partial charge in [0, 0.05) is 12.2 Å². The average Bonchev–Trinajstić information content (AvgIpc) is 3.19. The second-order valence-electron chi connectivity index (χ2n) is 7.36. The molecular weight excluding hydrogens is 476 g/mol. The van der Waals surface area contributed by atoms with Gasteiger partial charge in [-0.25, -0.2) is 13.2 Å². The fourth-order valence-corrected chi connectivity index (χ4v) is 5.67. The zero-order valence-electron chi connectivity index (χ0n) is 17.2. The van der Waals surface area contributed by atoms with E-state index < -0.39 is 68.4 Å². The van der Waals surface area contributed by atoms with Crippen molar-refractivity contribution >= 4 is 21.5 Å². The number of ether oxygens (including phenoxy) is 1. The number of sulfone groups is 1. The molecule has 2 unspecified atom stereocenters. The van der Waals surface area contributed by atoms with Gasteiger partial charge in [0.05, 0.1) is 27.9 Å². The molecule has 1 heterocycles. The van der Waals surface area contributed by atoms with E-state index in [0.29, 0.717) is 6.07 Å². The Morgan fingerprint density at radius 3 is 2.30 bits per heavy atom. The van der Waals surface area contributed by atoms with Gasteiger partial charge in [0.15, 0.2) is 9.84 Å². The number of esters is 1. The minimum Gasteiger partial charge on any atom is -0.464 e. The zero-order valence-corrected chi connectivity index (χ0v) is 18.0. The second-order valence-corrected chi connectivity index (χ2v) is 9.56. The SMILES string of the molecule is CCOC(=O)C1CC(S(=O)(=O)c2ccccc2C(F)(F)F)CN1c1cccc(C(F)(F)F)c1. The van der Waals surface area contributed by atoms with Crippen molar-refractivity contribution in [2.24, 2.45) is 0 Å². The summed E-state index contributed by atoms with van der Waals surface area (Å²) in [6.45, 7) is 0.939. The van der Waals surface area contributed by atoms with Crippen LogP contribution in [0.5, 0.6) is 0 Å². The summed E-state index contributed by atoms with van der Waals surface area (Å²) in [5, 5.41) is -1.48. The molecule has 2 aromatic rings. The fourth-order valence-electron chi connectivity index (χ4n) is 3.76. The number of alkyl halides is 6. The number of carbonyl (C=O) groups excluding carboxylic acids is 1. The van der Waals surface area contributed by atoms with Gasteiger partial charge in [-0.3, -0.25) is 0 Å². The molecular formula is C21H19F6NO4S. The molecule has 0 spiro atoms. The average molecular weight is 495 g/mol. The van der Waals surface area contributed by atoms with Crippen LogP contribution in [0.2, 0.25) is 0 Å². The minimum atomic E-state index is -4.94. The maximum Gasteiger partial charge on any atom is 0.417 e. The predicted molar refractivity (Wildman–Crippen MR) is 106 cm³/mol. The highest BCUT2D eigenvalue weighted by molar-refractivity contribution is 7.92. The lowest BCUT2D eigenvalue weighted by Gasteiger charge is -2.25. The second kappa shape index (κ2) is 8.88. The first-order valence-electron chi connectivity index (χ1n) is 9.77. The summed E-state index contributed by atoms with van der Waals surface area (Å²) in [5.74, 6) is -0.878. The Labute approximate surface area is 185 Å². The third kappa shape index (κ3) is 5.10. The van der Waals surface area contributed by atoms with Gasteiger partial charge in [0.2, 0.25) is 0 Å². The molecule has 33 heavy (non-hydrogen) atoms. The van der Waals surface area contributed by atoms with Crippen molar-refractivity contribution < 1.29 is 44.3 Å². The van der Waals surface area contributed by atoms with Crippen LogP contribution in [-0.4, -0.2) is 38.8 Å². The van der Waals surface area contributed by atoms with Gasteiger partial charge < -0.3 is 9.64 Å². The first-order valence-corrected chi connectivity index (χ1v) is 11.3. The van der Waals surface area contributed by atoms with Crippen LogP contribution in [0.1, 0.15) is 24.5 Å². The van der Waals surface area contributed by atoms with Crippen molar-refractivity contribution in [2.75, 3.05) is 18.1 Å². The predicted octanol–water partition coefficient (Wildman–Crippen LogP) is 4.71. The number of halogens is 6. The molecule has 0 radical (unpaired) electrons. The maximum atomic E-state index is 13.4. The highest BCUT2D eigenvalue weighted by Gasteiger charge is 2.47. The molecule has 0 bridgehead atoms. The number of anilines is 1. The summed E-state index contributed by atoms with van der Waals surface area (Å²) in [4.78, 5) is 12.7.